The van der Waals surface area contributed by atoms with E-state index < -0.39 is 58.3 Å². The molecule has 0 saturated heterocycles. The molecule has 0 fully saturated rings. The van der Waals surface area contributed by atoms with Crippen molar-refractivity contribution in [2.45, 2.75) is 23.6 Å². The Morgan fingerprint density at radius 3 is 1.38 bits per heavy atom. The molecule has 3 rings (SSSR count). The molecule has 0 aromatic heterocycles. The van der Waals surface area contributed by atoms with E-state index >= 15 is 0 Å². The van der Waals surface area contributed by atoms with Gasteiger partial charge < -0.3 is 0 Å². The van der Waals surface area contributed by atoms with Crippen LogP contribution in [0.15, 0.2) is 64.4 Å². The van der Waals surface area contributed by atoms with E-state index in [1.807, 2.05) is 0 Å². The van der Waals surface area contributed by atoms with Crippen LogP contribution in [0.5, 0.6) is 0 Å². The molecule has 3 aromatic rings. The topological polar surface area (TPSA) is 109 Å². The van der Waals surface area contributed by atoms with Gasteiger partial charge in [0, 0.05) is 23.9 Å². The molecular formula is C22H15Cl5N2O6S2. The van der Waals surface area contributed by atoms with Gasteiger partial charge in [0.05, 0.1) is 36.2 Å². The lowest BCUT2D eigenvalue weighted by atomic mass is 10.2. The molecule has 196 valence electrons. The summed E-state index contributed by atoms with van der Waals surface area (Å²) in [5.74, 6) is -1.98. The van der Waals surface area contributed by atoms with E-state index in [1.165, 1.54) is 48.5 Å². The summed E-state index contributed by atoms with van der Waals surface area (Å²) in [6, 6.07) is 10.8. The number of hydrogen-bond donors (Lipinski definition) is 0. The van der Waals surface area contributed by atoms with Crippen LogP contribution in [0.25, 0.3) is 0 Å². The second kappa shape index (κ2) is 11.0. The fourth-order valence-corrected chi connectivity index (χ4v) is 7.38. The summed E-state index contributed by atoms with van der Waals surface area (Å²) in [6.07, 6.45) is 0. The molecular weight excluding hydrogens is 630 g/mol. The summed E-state index contributed by atoms with van der Waals surface area (Å²) in [7, 11) is -9.11. The van der Waals surface area contributed by atoms with Crippen molar-refractivity contribution in [3.8, 4) is 0 Å². The van der Waals surface area contributed by atoms with Crippen LogP contribution >= 0.6 is 58.0 Å². The van der Waals surface area contributed by atoms with Crippen LogP contribution in [0.3, 0.4) is 0 Å². The van der Waals surface area contributed by atoms with Crippen molar-refractivity contribution in [2.75, 3.05) is 8.61 Å². The third-order valence-corrected chi connectivity index (χ3v) is 10.0. The van der Waals surface area contributed by atoms with Gasteiger partial charge in [-0.15, -0.1) is 0 Å². The van der Waals surface area contributed by atoms with Crippen molar-refractivity contribution in [3.05, 3.63) is 79.7 Å². The third-order valence-electron chi connectivity index (χ3n) is 4.81. The first-order valence-corrected chi connectivity index (χ1v) is 14.7. The summed E-state index contributed by atoms with van der Waals surface area (Å²) < 4.78 is 53.9. The van der Waals surface area contributed by atoms with Crippen molar-refractivity contribution in [2.24, 2.45) is 0 Å². The molecule has 2 amide bonds. The minimum absolute atomic E-state index is 0.253. The fourth-order valence-electron chi connectivity index (χ4n) is 3.25. The van der Waals surface area contributed by atoms with E-state index in [1.54, 1.807) is 0 Å². The maximum absolute atomic E-state index is 13.3. The molecule has 0 aliphatic heterocycles. The highest BCUT2D eigenvalue weighted by atomic mass is 35.5. The normalized spacial score (nSPS) is 11.8. The Labute approximate surface area is 238 Å². The average Bonchev–Trinajstić information content (AvgIpc) is 2.79. The summed E-state index contributed by atoms with van der Waals surface area (Å²) in [6.45, 7) is 1.92. The number of nitrogens with zero attached hydrogens (tertiary/aromatic N) is 2. The van der Waals surface area contributed by atoms with Crippen molar-refractivity contribution in [1.82, 2.24) is 0 Å². The maximum Gasteiger partial charge on any atom is 0.270 e. The lowest BCUT2D eigenvalue weighted by Crippen LogP contribution is -2.37. The second-order valence-electron chi connectivity index (χ2n) is 7.34. The number of amides is 2. The molecule has 0 spiro atoms. The number of carbonyl (C=O) groups is 2. The zero-order valence-electron chi connectivity index (χ0n) is 18.7. The third kappa shape index (κ3) is 5.70. The lowest BCUT2D eigenvalue weighted by molar-refractivity contribution is -0.116. The maximum atomic E-state index is 13.3. The van der Waals surface area contributed by atoms with Crippen LogP contribution in [0.2, 0.25) is 25.1 Å². The van der Waals surface area contributed by atoms with Crippen LogP contribution in [0, 0.1) is 0 Å². The molecule has 0 aliphatic carbocycles. The standard InChI is InChI=1S/C22H15Cl5N2O6S2/c1-12(30)28(36(32,33)16-7-3-14(23)4-8-16)19-11-18(25)22(21(27)20(19)26)29(13(2)31)37(34,35)17-9-5-15(24)6-10-17/h3-11H,1-2H3. The minimum Gasteiger partial charge on any atom is -0.274 e. The number of benzene rings is 3. The van der Waals surface area contributed by atoms with Gasteiger partial charge in [0.15, 0.2) is 0 Å². The predicted octanol–water partition coefficient (Wildman–Crippen LogP) is 6.44. The first-order valence-electron chi connectivity index (χ1n) is 9.91. The Bertz CT molecular complexity index is 1610. The fraction of sp³-hybridized carbons (Fsp3) is 0.0909. The number of anilines is 2. The largest absolute Gasteiger partial charge is 0.274 e. The zero-order valence-corrected chi connectivity index (χ0v) is 24.2. The lowest BCUT2D eigenvalue weighted by Gasteiger charge is -2.27. The number of rotatable bonds is 6. The average molecular weight is 645 g/mol. The first-order chi connectivity index (χ1) is 17.1. The van der Waals surface area contributed by atoms with Crippen molar-refractivity contribution in [1.29, 1.82) is 0 Å². The molecule has 3 aromatic carbocycles. The Kier molecular flexibility index (Phi) is 8.75. The van der Waals surface area contributed by atoms with Gasteiger partial charge in [0.1, 0.15) is 0 Å². The van der Waals surface area contributed by atoms with Crippen LogP contribution in [-0.2, 0) is 29.6 Å². The molecule has 0 N–H and O–H groups in total. The second-order valence-corrected chi connectivity index (χ2v) is 12.9. The molecule has 0 aliphatic rings. The van der Waals surface area contributed by atoms with E-state index in [-0.39, 0.29) is 19.8 Å². The Morgan fingerprint density at radius 2 is 1.00 bits per heavy atom. The smallest absolute Gasteiger partial charge is 0.270 e. The van der Waals surface area contributed by atoms with E-state index in [2.05, 4.69) is 0 Å². The van der Waals surface area contributed by atoms with E-state index in [0.717, 1.165) is 19.9 Å². The van der Waals surface area contributed by atoms with Gasteiger partial charge in [-0.2, -0.15) is 4.31 Å². The number of sulfonamides is 2. The quantitative estimate of drug-likeness (QED) is 0.286. The predicted molar refractivity (Wildman–Crippen MR) is 145 cm³/mol. The van der Waals surface area contributed by atoms with Crippen LogP contribution in [-0.4, -0.2) is 28.6 Å². The zero-order chi connectivity index (χ0) is 27.9. The molecule has 15 heteroatoms. The summed E-state index contributed by atoms with van der Waals surface area (Å²) in [5.41, 5.74) is -0.998. The Morgan fingerprint density at radius 1 is 0.622 bits per heavy atom. The van der Waals surface area contributed by atoms with Crippen LogP contribution in [0.1, 0.15) is 13.8 Å². The monoisotopic (exact) mass is 642 g/mol. The highest BCUT2D eigenvalue weighted by Crippen LogP contribution is 2.47. The number of hydrogen-bond acceptors (Lipinski definition) is 6. The summed E-state index contributed by atoms with van der Waals surface area (Å²) in [4.78, 5) is 24.4. The Balaban J connectivity index is 2.25. The number of carbonyl (C=O) groups excluding carboxylic acids is 2. The van der Waals surface area contributed by atoms with Gasteiger partial charge in [-0.25, -0.2) is 21.1 Å². The van der Waals surface area contributed by atoms with Gasteiger partial charge in [0.25, 0.3) is 20.0 Å². The van der Waals surface area contributed by atoms with Crippen molar-refractivity contribution < 1.29 is 26.4 Å². The van der Waals surface area contributed by atoms with Gasteiger partial charge in [-0.1, -0.05) is 58.0 Å². The molecule has 8 nitrogen and oxygen atoms in total. The summed E-state index contributed by atoms with van der Waals surface area (Å²) in [5, 5.41) is -1.11. The molecule has 37 heavy (non-hydrogen) atoms. The minimum atomic E-state index is -4.57. The highest BCUT2D eigenvalue weighted by Gasteiger charge is 2.37. The van der Waals surface area contributed by atoms with Gasteiger partial charge in [-0.05, 0) is 54.6 Å². The van der Waals surface area contributed by atoms with Gasteiger partial charge in [0.2, 0.25) is 11.8 Å². The molecule has 0 saturated carbocycles. The van der Waals surface area contributed by atoms with Gasteiger partial charge >= 0.3 is 0 Å². The number of halogens is 5. The molecule has 0 heterocycles. The molecule has 0 unspecified atom stereocenters. The van der Waals surface area contributed by atoms with Crippen molar-refractivity contribution in [3.63, 3.8) is 0 Å². The SMILES string of the molecule is CC(=O)N(c1cc(Cl)c(N(C(C)=O)S(=O)(=O)c2ccc(Cl)cc2)c(Cl)c1Cl)S(=O)(=O)c1ccc(Cl)cc1. The van der Waals surface area contributed by atoms with E-state index in [4.69, 9.17) is 58.0 Å². The molecule has 0 atom stereocenters. The molecule has 0 bridgehead atoms. The summed E-state index contributed by atoms with van der Waals surface area (Å²) >= 11 is 30.8. The van der Waals surface area contributed by atoms with Gasteiger partial charge in [-0.3, -0.25) is 9.59 Å². The van der Waals surface area contributed by atoms with Crippen LogP contribution < -0.4 is 8.61 Å². The van der Waals surface area contributed by atoms with E-state index in [0.29, 0.717) is 8.61 Å². The Hall–Kier alpha value is -2.05. The van der Waals surface area contributed by atoms with Crippen LogP contribution in [0.4, 0.5) is 11.4 Å². The van der Waals surface area contributed by atoms with Crippen molar-refractivity contribution >= 4 is 101 Å². The highest BCUT2D eigenvalue weighted by molar-refractivity contribution is 7.94. The molecule has 0 radical (unpaired) electrons. The first kappa shape index (κ1) is 29.5. The van der Waals surface area contributed by atoms with E-state index in [9.17, 15) is 26.4 Å².